The summed E-state index contributed by atoms with van der Waals surface area (Å²) in [6.07, 6.45) is 3.35. The standard InChI is InChI=1S/C15H24N4O/c1-3-12-8-14(19(4-2)17-12)15(20)18-9-11-6-5-7-16-13(11)10-18/h8,11,13,16H,3-7,9-10H2,1-2H3/t11-,13+/m0/s1. The monoisotopic (exact) mass is 276 g/mol. The van der Waals surface area contributed by atoms with Crippen LogP contribution < -0.4 is 5.32 Å². The molecule has 2 saturated heterocycles. The zero-order chi connectivity index (χ0) is 14.1. The molecule has 2 atom stereocenters. The normalized spacial score (nSPS) is 25.8. The largest absolute Gasteiger partial charge is 0.335 e. The number of carbonyl (C=O) groups excluding carboxylic acids is 1. The second-order valence-electron chi connectivity index (χ2n) is 5.86. The zero-order valence-electron chi connectivity index (χ0n) is 12.4. The molecule has 0 aromatic carbocycles. The molecule has 1 aromatic rings. The topological polar surface area (TPSA) is 50.2 Å². The van der Waals surface area contributed by atoms with Crippen LogP contribution in [0.1, 0.15) is 42.9 Å². The van der Waals surface area contributed by atoms with E-state index in [4.69, 9.17) is 0 Å². The number of rotatable bonds is 3. The molecule has 0 radical (unpaired) electrons. The van der Waals surface area contributed by atoms with Gasteiger partial charge in [0.2, 0.25) is 0 Å². The lowest BCUT2D eigenvalue weighted by molar-refractivity contribution is 0.0773. The van der Waals surface area contributed by atoms with Gasteiger partial charge in [0.25, 0.3) is 5.91 Å². The number of likely N-dealkylation sites (tertiary alicyclic amines) is 1. The maximum atomic E-state index is 12.7. The molecule has 1 amide bonds. The average Bonchev–Trinajstić information content (AvgIpc) is 3.09. The van der Waals surface area contributed by atoms with Crippen molar-refractivity contribution in [3.63, 3.8) is 0 Å². The number of carbonyl (C=O) groups is 1. The first-order valence-electron chi connectivity index (χ1n) is 7.82. The van der Waals surface area contributed by atoms with Crippen LogP contribution in [0.3, 0.4) is 0 Å². The maximum absolute atomic E-state index is 12.7. The van der Waals surface area contributed by atoms with Crippen LogP contribution in [0.2, 0.25) is 0 Å². The van der Waals surface area contributed by atoms with Gasteiger partial charge in [0.1, 0.15) is 5.69 Å². The van der Waals surface area contributed by atoms with Crippen LogP contribution in [0, 0.1) is 5.92 Å². The predicted octanol–water partition coefficient (Wildman–Crippen LogP) is 1.29. The lowest BCUT2D eigenvalue weighted by Gasteiger charge is -2.24. The number of aromatic nitrogens is 2. The number of aryl methyl sites for hydroxylation is 2. The van der Waals surface area contributed by atoms with Crippen molar-refractivity contribution < 1.29 is 4.79 Å². The van der Waals surface area contributed by atoms with Crippen molar-refractivity contribution in [1.29, 1.82) is 0 Å². The highest BCUT2D eigenvalue weighted by atomic mass is 16.2. The first-order chi connectivity index (χ1) is 9.72. The fourth-order valence-electron chi connectivity index (χ4n) is 3.43. The van der Waals surface area contributed by atoms with Crippen LogP contribution in [-0.2, 0) is 13.0 Å². The first-order valence-corrected chi connectivity index (χ1v) is 7.82. The molecule has 20 heavy (non-hydrogen) atoms. The van der Waals surface area contributed by atoms with Gasteiger partial charge in [0.15, 0.2) is 0 Å². The molecule has 1 N–H and O–H groups in total. The number of fused-ring (bicyclic) bond motifs is 1. The Hall–Kier alpha value is -1.36. The van der Waals surface area contributed by atoms with E-state index in [1.54, 1.807) is 0 Å². The molecule has 3 rings (SSSR count). The minimum absolute atomic E-state index is 0.148. The van der Waals surface area contributed by atoms with Crippen molar-refractivity contribution in [2.45, 2.75) is 45.7 Å². The van der Waals surface area contributed by atoms with Crippen molar-refractivity contribution in [2.75, 3.05) is 19.6 Å². The van der Waals surface area contributed by atoms with E-state index in [-0.39, 0.29) is 5.91 Å². The van der Waals surface area contributed by atoms with Crippen LogP contribution in [0.25, 0.3) is 0 Å². The van der Waals surface area contributed by atoms with E-state index in [1.165, 1.54) is 12.8 Å². The molecule has 2 aliphatic heterocycles. The van der Waals surface area contributed by atoms with Gasteiger partial charge < -0.3 is 10.2 Å². The lowest BCUT2D eigenvalue weighted by atomic mass is 9.94. The summed E-state index contributed by atoms with van der Waals surface area (Å²) in [5.74, 6) is 0.784. The third-order valence-corrected chi connectivity index (χ3v) is 4.60. The van der Waals surface area contributed by atoms with E-state index in [0.717, 1.165) is 44.0 Å². The van der Waals surface area contributed by atoms with Crippen molar-refractivity contribution in [2.24, 2.45) is 5.92 Å². The fraction of sp³-hybridized carbons (Fsp3) is 0.733. The van der Waals surface area contributed by atoms with E-state index >= 15 is 0 Å². The van der Waals surface area contributed by atoms with Gasteiger partial charge in [-0.25, -0.2) is 0 Å². The highest BCUT2D eigenvalue weighted by molar-refractivity contribution is 5.93. The average molecular weight is 276 g/mol. The highest BCUT2D eigenvalue weighted by Gasteiger charge is 2.37. The molecule has 0 bridgehead atoms. The second-order valence-corrected chi connectivity index (χ2v) is 5.86. The van der Waals surface area contributed by atoms with E-state index in [0.29, 0.717) is 12.0 Å². The minimum Gasteiger partial charge on any atom is -0.335 e. The third kappa shape index (κ3) is 2.35. The Labute approximate surface area is 120 Å². The van der Waals surface area contributed by atoms with Crippen LogP contribution >= 0.6 is 0 Å². The number of amides is 1. The van der Waals surface area contributed by atoms with Gasteiger partial charge in [-0.15, -0.1) is 0 Å². The SMILES string of the molecule is CCc1cc(C(=O)N2C[C@@H]3CCCN[C@@H]3C2)n(CC)n1. The Balaban J connectivity index is 1.77. The molecule has 0 unspecified atom stereocenters. The summed E-state index contributed by atoms with van der Waals surface area (Å²) in [6.45, 7) is 7.70. The molecular weight excluding hydrogens is 252 g/mol. The number of nitrogens with zero attached hydrogens (tertiary/aromatic N) is 3. The van der Waals surface area contributed by atoms with E-state index < -0.39 is 0 Å². The van der Waals surface area contributed by atoms with Gasteiger partial charge in [-0.1, -0.05) is 6.92 Å². The summed E-state index contributed by atoms with van der Waals surface area (Å²) in [5.41, 5.74) is 1.76. The number of nitrogens with one attached hydrogen (secondary N) is 1. The Bertz CT molecular complexity index is 482. The Morgan fingerprint density at radius 2 is 2.30 bits per heavy atom. The highest BCUT2D eigenvalue weighted by Crippen LogP contribution is 2.26. The van der Waals surface area contributed by atoms with Gasteiger partial charge in [0.05, 0.1) is 5.69 Å². The van der Waals surface area contributed by atoms with Crippen LogP contribution in [-0.4, -0.2) is 46.3 Å². The molecule has 2 fully saturated rings. The number of hydrogen-bond acceptors (Lipinski definition) is 3. The van der Waals surface area contributed by atoms with Crippen molar-refractivity contribution in [3.05, 3.63) is 17.5 Å². The summed E-state index contributed by atoms with van der Waals surface area (Å²) >= 11 is 0. The van der Waals surface area contributed by atoms with E-state index in [9.17, 15) is 4.79 Å². The molecule has 5 heteroatoms. The third-order valence-electron chi connectivity index (χ3n) is 4.60. The molecule has 110 valence electrons. The van der Waals surface area contributed by atoms with Crippen molar-refractivity contribution in [3.8, 4) is 0 Å². The Kier molecular flexibility index (Phi) is 3.78. The Morgan fingerprint density at radius 3 is 3.00 bits per heavy atom. The molecule has 0 spiro atoms. The molecular formula is C15H24N4O. The quantitative estimate of drug-likeness (QED) is 0.905. The first kappa shape index (κ1) is 13.6. The van der Waals surface area contributed by atoms with Gasteiger partial charge in [-0.3, -0.25) is 9.48 Å². The number of piperidine rings is 1. The molecule has 0 saturated carbocycles. The summed E-state index contributed by atoms with van der Waals surface area (Å²) in [4.78, 5) is 14.7. The fourth-order valence-corrected chi connectivity index (χ4v) is 3.43. The van der Waals surface area contributed by atoms with Gasteiger partial charge in [-0.2, -0.15) is 5.10 Å². The summed E-state index contributed by atoms with van der Waals surface area (Å²) < 4.78 is 1.84. The molecule has 2 aliphatic rings. The minimum atomic E-state index is 0.148. The molecule has 5 nitrogen and oxygen atoms in total. The van der Waals surface area contributed by atoms with Gasteiger partial charge in [0, 0.05) is 25.7 Å². The summed E-state index contributed by atoms with van der Waals surface area (Å²) in [5, 5.41) is 8.03. The second kappa shape index (κ2) is 5.56. The van der Waals surface area contributed by atoms with E-state index in [1.807, 2.05) is 22.6 Å². The van der Waals surface area contributed by atoms with Crippen molar-refractivity contribution in [1.82, 2.24) is 20.0 Å². The molecule has 3 heterocycles. The lowest BCUT2D eigenvalue weighted by Crippen LogP contribution is -2.41. The molecule has 1 aromatic heterocycles. The zero-order valence-corrected chi connectivity index (χ0v) is 12.4. The predicted molar refractivity (Wildman–Crippen MR) is 77.7 cm³/mol. The van der Waals surface area contributed by atoms with Crippen LogP contribution in [0.4, 0.5) is 0 Å². The maximum Gasteiger partial charge on any atom is 0.272 e. The number of hydrogen-bond donors (Lipinski definition) is 1. The Morgan fingerprint density at radius 1 is 1.45 bits per heavy atom. The van der Waals surface area contributed by atoms with Crippen molar-refractivity contribution >= 4 is 5.91 Å². The summed E-state index contributed by atoms with van der Waals surface area (Å²) in [7, 11) is 0. The van der Waals surface area contributed by atoms with Crippen LogP contribution in [0.5, 0.6) is 0 Å². The smallest absolute Gasteiger partial charge is 0.272 e. The van der Waals surface area contributed by atoms with Crippen LogP contribution in [0.15, 0.2) is 6.07 Å². The van der Waals surface area contributed by atoms with E-state index in [2.05, 4.69) is 17.3 Å². The molecule has 0 aliphatic carbocycles. The summed E-state index contributed by atoms with van der Waals surface area (Å²) in [6, 6.07) is 2.46. The van der Waals surface area contributed by atoms with Gasteiger partial charge >= 0.3 is 0 Å². The van der Waals surface area contributed by atoms with Gasteiger partial charge in [-0.05, 0) is 44.7 Å².